The minimum absolute atomic E-state index is 0.230. The van der Waals surface area contributed by atoms with Crippen LogP contribution in [0.25, 0.3) is 16.6 Å². The first-order valence-electron chi connectivity index (χ1n) is 11.6. The van der Waals surface area contributed by atoms with Crippen molar-refractivity contribution in [3.63, 3.8) is 0 Å². The largest absolute Gasteiger partial charge is 0.378 e. The summed E-state index contributed by atoms with van der Waals surface area (Å²) < 4.78 is 20.9. The van der Waals surface area contributed by atoms with E-state index in [9.17, 15) is 14.0 Å². The zero-order valence-electron chi connectivity index (χ0n) is 19.1. The van der Waals surface area contributed by atoms with Gasteiger partial charge in [-0.05, 0) is 48.4 Å². The van der Waals surface area contributed by atoms with Crippen LogP contribution in [0.2, 0.25) is 0 Å². The minimum Gasteiger partial charge on any atom is -0.378 e. The van der Waals surface area contributed by atoms with E-state index in [2.05, 4.69) is 5.32 Å². The Labute approximate surface area is 201 Å². The first-order chi connectivity index (χ1) is 17.1. The van der Waals surface area contributed by atoms with E-state index in [4.69, 9.17) is 9.72 Å². The quantitative estimate of drug-likeness (QED) is 0.466. The van der Waals surface area contributed by atoms with E-state index >= 15 is 0 Å². The number of benzene rings is 3. The molecule has 0 spiro atoms. The molecule has 1 N–H and O–H groups in total. The van der Waals surface area contributed by atoms with Crippen molar-refractivity contribution < 1.29 is 13.9 Å². The summed E-state index contributed by atoms with van der Waals surface area (Å²) in [7, 11) is 0. The van der Waals surface area contributed by atoms with Gasteiger partial charge in [0.25, 0.3) is 11.5 Å². The van der Waals surface area contributed by atoms with Crippen molar-refractivity contribution in [1.29, 1.82) is 0 Å². The van der Waals surface area contributed by atoms with Crippen molar-refractivity contribution in [3.8, 4) is 5.69 Å². The number of nitrogens with zero attached hydrogens (tertiary/aromatic N) is 3. The molecule has 35 heavy (non-hydrogen) atoms. The summed E-state index contributed by atoms with van der Waals surface area (Å²) in [4.78, 5) is 33.1. The van der Waals surface area contributed by atoms with Crippen LogP contribution in [0.4, 0.5) is 10.3 Å². The molecule has 0 unspecified atom stereocenters. The zero-order chi connectivity index (χ0) is 24.2. The fraction of sp³-hybridized carbons (Fsp3) is 0.222. The normalized spacial score (nSPS) is 13.7. The highest BCUT2D eigenvalue weighted by molar-refractivity contribution is 5.97. The number of anilines is 1. The Morgan fingerprint density at radius 2 is 1.80 bits per heavy atom. The van der Waals surface area contributed by atoms with Crippen LogP contribution in [0, 0.1) is 5.82 Å². The van der Waals surface area contributed by atoms with Crippen LogP contribution in [0.1, 0.15) is 15.9 Å². The molecule has 0 atom stereocenters. The number of aromatic nitrogens is 2. The first kappa shape index (κ1) is 22.7. The second-order valence-electron chi connectivity index (χ2n) is 8.36. The molecule has 0 saturated carbocycles. The first-order valence-corrected chi connectivity index (χ1v) is 11.6. The molecule has 0 aliphatic carbocycles. The van der Waals surface area contributed by atoms with Gasteiger partial charge in [0.1, 0.15) is 5.82 Å². The van der Waals surface area contributed by atoms with Crippen molar-refractivity contribution in [1.82, 2.24) is 14.9 Å². The highest BCUT2D eigenvalue weighted by atomic mass is 19.1. The van der Waals surface area contributed by atoms with Gasteiger partial charge in [0.2, 0.25) is 5.95 Å². The molecule has 2 heterocycles. The van der Waals surface area contributed by atoms with Crippen LogP contribution in [0.5, 0.6) is 0 Å². The van der Waals surface area contributed by atoms with Gasteiger partial charge in [-0.15, -0.1) is 0 Å². The average Bonchev–Trinajstić information content (AvgIpc) is 2.89. The monoisotopic (exact) mass is 472 g/mol. The predicted octanol–water partition coefficient (Wildman–Crippen LogP) is 3.33. The van der Waals surface area contributed by atoms with Gasteiger partial charge < -0.3 is 15.0 Å². The lowest BCUT2D eigenvalue weighted by Gasteiger charge is -2.30. The standard InChI is InChI=1S/C27H25FN4O3/c28-21-7-4-8-22(18-21)32-26(34)23-10-9-20(25(33)29-12-11-19-5-2-1-3-6-19)17-24(23)30-27(32)31-13-15-35-16-14-31/h1-10,17-18H,11-16H2,(H,29,33). The molecule has 1 aromatic heterocycles. The van der Waals surface area contributed by atoms with E-state index in [0.29, 0.717) is 61.0 Å². The highest BCUT2D eigenvalue weighted by Crippen LogP contribution is 2.22. The number of hydrogen-bond acceptors (Lipinski definition) is 5. The molecule has 8 heteroatoms. The lowest BCUT2D eigenvalue weighted by molar-refractivity contribution is 0.0954. The van der Waals surface area contributed by atoms with Crippen LogP contribution in [0.3, 0.4) is 0 Å². The van der Waals surface area contributed by atoms with Crippen molar-refractivity contribution >= 4 is 22.8 Å². The molecule has 1 fully saturated rings. The number of carbonyl (C=O) groups is 1. The molecule has 0 bridgehead atoms. The Balaban J connectivity index is 1.49. The molecule has 1 amide bonds. The molecule has 7 nitrogen and oxygen atoms in total. The Kier molecular flexibility index (Phi) is 6.54. The smallest absolute Gasteiger partial charge is 0.267 e. The topological polar surface area (TPSA) is 76.5 Å². The van der Waals surface area contributed by atoms with E-state index < -0.39 is 5.82 Å². The summed E-state index contributed by atoms with van der Waals surface area (Å²) in [6.45, 7) is 2.59. The predicted molar refractivity (Wildman–Crippen MR) is 133 cm³/mol. The van der Waals surface area contributed by atoms with Gasteiger partial charge in [-0.1, -0.05) is 36.4 Å². The van der Waals surface area contributed by atoms with E-state index in [1.165, 1.54) is 16.7 Å². The van der Waals surface area contributed by atoms with E-state index in [0.717, 1.165) is 12.0 Å². The molecule has 5 rings (SSSR count). The Morgan fingerprint density at radius 3 is 2.57 bits per heavy atom. The molecule has 1 aliphatic heterocycles. The summed E-state index contributed by atoms with van der Waals surface area (Å²) in [6, 6.07) is 20.7. The summed E-state index contributed by atoms with van der Waals surface area (Å²) in [6.07, 6.45) is 0.720. The van der Waals surface area contributed by atoms with Gasteiger partial charge in [0, 0.05) is 25.2 Å². The maximum Gasteiger partial charge on any atom is 0.267 e. The fourth-order valence-corrected chi connectivity index (χ4v) is 4.21. The third kappa shape index (κ3) is 4.93. The van der Waals surface area contributed by atoms with Gasteiger partial charge in [-0.25, -0.2) is 13.9 Å². The number of fused-ring (bicyclic) bond motifs is 1. The summed E-state index contributed by atoms with van der Waals surface area (Å²) in [5.74, 6) is -0.269. The molecule has 0 radical (unpaired) electrons. The molecule has 3 aromatic carbocycles. The number of amides is 1. The number of nitrogens with one attached hydrogen (secondary N) is 1. The number of morpholine rings is 1. The van der Waals surface area contributed by atoms with Crippen LogP contribution in [0.15, 0.2) is 77.6 Å². The van der Waals surface area contributed by atoms with E-state index in [1.807, 2.05) is 35.2 Å². The minimum atomic E-state index is -0.440. The maximum atomic E-state index is 14.0. The summed E-state index contributed by atoms with van der Waals surface area (Å²) in [5.41, 5.74) is 2.06. The lowest BCUT2D eigenvalue weighted by atomic mass is 10.1. The van der Waals surface area contributed by atoms with Crippen LogP contribution >= 0.6 is 0 Å². The average molecular weight is 473 g/mol. The fourth-order valence-electron chi connectivity index (χ4n) is 4.21. The third-order valence-corrected chi connectivity index (χ3v) is 6.02. The number of halogens is 1. The van der Waals surface area contributed by atoms with Crippen molar-refractivity contribution in [2.75, 3.05) is 37.7 Å². The molecule has 1 saturated heterocycles. The number of ether oxygens (including phenoxy) is 1. The number of hydrogen-bond donors (Lipinski definition) is 1. The molecule has 1 aliphatic rings. The van der Waals surface area contributed by atoms with Gasteiger partial charge in [0.15, 0.2) is 0 Å². The molecule has 178 valence electrons. The van der Waals surface area contributed by atoms with Gasteiger partial charge in [-0.3, -0.25) is 9.59 Å². The molecule has 4 aromatic rings. The maximum absolute atomic E-state index is 14.0. The molecular weight excluding hydrogens is 447 g/mol. The SMILES string of the molecule is O=C(NCCc1ccccc1)c1ccc2c(=O)n(-c3cccc(F)c3)c(N3CCOCC3)nc2c1. The second kappa shape index (κ2) is 10.1. The lowest BCUT2D eigenvalue weighted by Crippen LogP contribution is -2.40. The van der Waals surface area contributed by atoms with Crippen molar-refractivity contribution in [3.05, 3.63) is 100 Å². The van der Waals surface area contributed by atoms with Gasteiger partial charge >= 0.3 is 0 Å². The molecular formula is C27H25FN4O3. The van der Waals surface area contributed by atoms with Crippen LogP contribution in [-0.2, 0) is 11.2 Å². The van der Waals surface area contributed by atoms with Gasteiger partial charge in [0.05, 0.1) is 29.8 Å². The van der Waals surface area contributed by atoms with Crippen molar-refractivity contribution in [2.45, 2.75) is 6.42 Å². The zero-order valence-corrected chi connectivity index (χ0v) is 19.1. The third-order valence-electron chi connectivity index (χ3n) is 6.02. The van der Waals surface area contributed by atoms with Crippen LogP contribution < -0.4 is 15.8 Å². The van der Waals surface area contributed by atoms with E-state index in [-0.39, 0.29) is 11.5 Å². The van der Waals surface area contributed by atoms with Gasteiger partial charge in [-0.2, -0.15) is 0 Å². The highest BCUT2D eigenvalue weighted by Gasteiger charge is 2.21. The van der Waals surface area contributed by atoms with Crippen molar-refractivity contribution in [2.24, 2.45) is 0 Å². The summed E-state index contributed by atoms with van der Waals surface area (Å²) in [5, 5.41) is 3.28. The number of rotatable bonds is 6. The summed E-state index contributed by atoms with van der Waals surface area (Å²) >= 11 is 0. The Morgan fingerprint density at radius 1 is 1.00 bits per heavy atom. The van der Waals surface area contributed by atoms with E-state index in [1.54, 1.807) is 30.3 Å². The Hall–Kier alpha value is -4.04. The Bertz CT molecular complexity index is 1420. The number of carbonyl (C=O) groups excluding carboxylic acids is 1. The second-order valence-corrected chi connectivity index (χ2v) is 8.36. The van der Waals surface area contributed by atoms with Crippen LogP contribution in [-0.4, -0.2) is 48.3 Å².